The molecule has 0 N–H and O–H groups in total. The van der Waals surface area contributed by atoms with E-state index in [2.05, 4.69) is 204 Å². The third kappa shape index (κ3) is 5.20. The Balaban J connectivity index is 1.12. The van der Waals surface area contributed by atoms with Crippen molar-refractivity contribution in [1.29, 1.82) is 0 Å². The van der Waals surface area contributed by atoms with Crippen molar-refractivity contribution in [3.05, 3.63) is 206 Å². The molecular weight excluding hydrogens is 669 g/mol. The first-order valence-electron chi connectivity index (χ1n) is 18.8. The summed E-state index contributed by atoms with van der Waals surface area (Å²) in [6.07, 6.45) is 0. The molecule has 0 unspecified atom stereocenters. The number of fused-ring (bicyclic) bond motifs is 8. The summed E-state index contributed by atoms with van der Waals surface area (Å²) in [5.41, 5.74) is 13.3. The first-order chi connectivity index (χ1) is 27.3. The number of aromatic nitrogens is 1. The van der Waals surface area contributed by atoms with Crippen LogP contribution >= 0.6 is 0 Å². The van der Waals surface area contributed by atoms with Gasteiger partial charge in [-0.1, -0.05) is 140 Å². The van der Waals surface area contributed by atoms with Crippen LogP contribution in [0.3, 0.4) is 0 Å². The summed E-state index contributed by atoms with van der Waals surface area (Å²) in [5, 5.41) is 7.07. The van der Waals surface area contributed by atoms with Crippen LogP contribution in [0.25, 0.3) is 82.5 Å². The smallest absolute Gasteiger partial charge is 0.137 e. The normalized spacial score (nSPS) is 11.6. The Kier molecular flexibility index (Phi) is 7.17. The third-order valence-corrected chi connectivity index (χ3v) is 11.0. The lowest BCUT2D eigenvalue weighted by atomic mass is 10.0. The maximum absolute atomic E-state index is 6.40. The second kappa shape index (κ2) is 12.6. The molecule has 0 atom stereocenters. The van der Waals surface area contributed by atoms with Crippen LogP contribution in [0.15, 0.2) is 211 Å². The van der Waals surface area contributed by atoms with E-state index in [0.29, 0.717) is 0 Å². The van der Waals surface area contributed by atoms with Crippen molar-refractivity contribution in [3.63, 3.8) is 0 Å². The molecular formula is C52H34N2O. The van der Waals surface area contributed by atoms with Crippen molar-refractivity contribution in [2.24, 2.45) is 0 Å². The number of para-hydroxylation sites is 2. The fraction of sp³-hybridized carbons (Fsp3) is 0. The van der Waals surface area contributed by atoms with E-state index in [9.17, 15) is 0 Å². The highest BCUT2D eigenvalue weighted by Crippen LogP contribution is 2.42. The fourth-order valence-electron chi connectivity index (χ4n) is 8.34. The molecule has 0 aliphatic heterocycles. The highest BCUT2D eigenvalue weighted by molar-refractivity contribution is 6.19. The van der Waals surface area contributed by atoms with E-state index < -0.39 is 0 Å². The lowest BCUT2D eigenvalue weighted by molar-refractivity contribution is 0.668. The van der Waals surface area contributed by atoms with Gasteiger partial charge >= 0.3 is 0 Å². The van der Waals surface area contributed by atoms with E-state index in [0.717, 1.165) is 50.2 Å². The van der Waals surface area contributed by atoms with E-state index in [1.807, 2.05) is 12.1 Å². The molecule has 0 fully saturated rings. The molecule has 258 valence electrons. The van der Waals surface area contributed by atoms with Gasteiger partial charge in [-0.2, -0.15) is 0 Å². The maximum atomic E-state index is 6.40. The first kappa shape index (κ1) is 31.2. The van der Waals surface area contributed by atoms with Crippen LogP contribution in [-0.2, 0) is 0 Å². The topological polar surface area (TPSA) is 21.3 Å². The molecule has 3 heteroatoms. The molecule has 2 aromatic heterocycles. The average molecular weight is 703 g/mol. The van der Waals surface area contributed by atoms with Gasteiger partial charge in [-0.15, -0.1) is 0 Å². The van der Waals surface area contributed by atoms with Crippen molar-refractivity contribution >= 4 is 71.6 Å². The monoisotopic (exact) mass is 702 g/mol. The second-order valence-electron chi connectivity index (χ2n) is 14.2. The Morgan fingerprint density at radius 1 is 0.345 bits per heavy atom. The number of rotatable bonds is 6. The molecule has 0 amide bonds. The molecule has 2 heterocycles. The van der Waals surface area contributed by atoms with Crippen LogP contribution in [-0.4, -0.2) is 4.57 Å². The number of furan rings is 1. The van der Waals surface area contributed by atoms with Crippen LogP contribution in [0.5, 0.6) is 0 Å². The van der Waals surface area contributed by atoms with Gasteiger partial charge < -0.3 is 13.9 Å². The predicted molar refractivity (Wildman–Crippen MR) is 231 cm³/mol. The van der Waals surface area contributed by atoms with Crippen molar-refractivity contribution in [2.45, 2.75) is 0 Å². The quantitative estimate of drug-likeness (QED) is 0.172. The van der Waals surface area contributed by atoms with Crippen molar-refractivity contribution in [2.75, 3.05) is 4.90 Å². The molecule has 0 aliphatic rings. The molecule has 11 rings (SSSR count). The summed E-state index contributed by atoms with van der Waals surface area (Å²) < 4.78 is 8.82. The summed E-state index contributed by atoms with van der Waals surface area (Å²) in [7, 11) is 0. The molecule has 0 radical (unpaired) electrons. The highest BCUT2D eigenvalue weighted by atomic mass is 16.3. The summed E-state index contributed by atoms with van der Waals surface area (Å²) in [4.78, 5) is 2.37. The first-order valence-corrected chi connectivity index (χ1v) is 18.8. The summed E-state index contributed by atoms with van der Waals surface area (Å²) in [6.45, 7) is 0. The molecule has 0 bridgehead atoms. The Morgan fingerprint density at radius 3 is 1.56 bits per heavy atom. The molecule has 55 heavy (non-hydrogen) atoms. The van der Waals surface area contributed by atoms with Gasteiger partial charge in [-0.05, 0) is 88.3 Å². The molecule has 9 aromatic carbocycles. The Labute approximate surface area is 318 Å². The largest absolute Gasteiger partial charge is 0.456 e. The van der Waals surface area contributed by atoms with Crippen LogP contribution in [0.2, 0.25) is 0 Å². The average Bonchev–Trinajstić information content (AvgIpc) is 3.80. The Morgan fingerprint density at radius 2 is 0.873 bits per heavy atom. The summed E-state index contributed by atoms with van der Waals surface area (Å²) in [5.74, 6) is 0. The zero-order valence-corrected chi connectivity index (χ0v) is 29.9. The van der Waals surface area contributed by atoms with Gasteiger partial charge in [-0.3, -0.25) is 0 Å². The number of anilines is 3. The van der Waals surface area contributed by atoms with Gasteiger partial charge in [0.2, 0.25) is 0 Å². The van der Waals surface area contributed by atoms with E-state index >= 15 is 0 Å². The third-order valence-electron chi connectivity index (χ3n) is 11.0. The van der Waals surface area contributed by atoms with Gasteiger partial charge in [0.25, 0.3) is 0 Å². The molecule has 11 aromatic rings. The molecule has 0 spiro atoms. The Bertz CT molecular complexity index is 3090. The Hall–Kier alpha value is -7.36. The molecule has 0 aliphatic carbocycles. The lowest BCUT2D eigenvalue weighted by Crippen LogP contribution is -2.10. The van der Waals surface area contributed by atoms with Crippen LogP contribution in [0, 0.1) is 0 Å². The molecule has 3 nitrogen and oxygen atoms in total. The SMILES string of the molecule is c1ccc(-c2ccc(N(c3ccc(-c4ccccc4)cc3)c3ccc4ccc5c6ccccc6n(-c6ccc7c(c6)oc6ccccc67)c5c4c3)cc2)cc1. The van der Waals surface area contributed by atoms with Crippen LogP contribution in [0.1, 0.15) is 0 Å². The van der Waals surface area contributed by atoms with Gasteiger partial charge in [0.15, 0.2) is 0 Å². The predicted octanol–water partition coefficient (Wildman–Crippen LogP) is 14.6. The highest BCUT2D eigenvalue weighted by Gasteiger charge is 2.19. The minimum atomic E-state index is 0.884. The summed E-state index contributed by atoms with van der Waals surface area (Å²) in [6, 6.07) is 74.0. The van der Waals surface area contributed by atoms with Gasteiger partial charge in [0, 0.05) is 55.7 Å². The van der Waals surface area contributed by atoms with E-state index in [1.165, 1.54) is 49.3 Å². The zero-order valence-electron chi connectivity index (χ0n) is 29.9. The number of nitrogens with zero attached hydrogens (tertiary/aromatic N) is 2. The van der Waals surface area contributed by atoms with Gasteiger partial charge in [0.05, 0.1) is 11.0 Å². The lowest BCUT2D eigenvalue weighted by Gasteiger charge is -2.26. The zero-order chi connectivity index (χ0) is 36.3. The second-order valence-corrected chi connectivity index (χ2v) is 14.2. The van der Waals surface area contributed by atoms with Crippen molar-refractivity contribution in [3.8, 4) is 27.9 Å². The van der Waals surface area contributed by atoms with Crippen LogP contribution < -0.4 is 4.90 Å². The molecule has 0 saturated carbocycles. The number of hydrogen-bond acceptors (Lipinski definition) is 2. The van der Waals surface area contributed by atoms with Crippen molar-refractivity contribution < 1.29 is 4.42 Å². The van der Waals surface area contributed by atoms with Gasteiger partial charge in [0.1, 0.15) is 11.2 Å². The van der Waals surface area contributed by atoms with E-state index in [1.54, 1.807) is 0 Å². The molecule has 0 saturated heterocycles. The van der Waals surface area contributed by atoms with Crippen LogP contribution in [0.4, 0.5) is 17.1 Å². The number of benzene rings is 9. The van der Waals surface area contributed by atoms with Gasteiger partial charge in [-0.25, -0.2) is 0 Å². The fourth-order valence-corrected chi connectivity index (χ4v) is 8.34. The maximum Gasteiger partial charge on any atom is 0.137 e. The number of hydrogen-bond donors (Lipinski definition) is 0. The standard InChI is InChI=1S/C52H34N2O/c1-3-11-35(12-4-1)37-19-25-40(26-20-37)53(41-27-21-38(22-28-41)36-13-5-2-6-14-36)42-29-23-39-24-31-47-44-15-7-9-17-49(44)54(52(47)48(39)33-42)43-30-32-46-45-16-8-10-18-50(45)55-51(46)34-43/h1-34H. The minimum absolute atomic E-state index is 0.884. The van der Waals surface area contributed by atoms with E-state index in [-0.39, 0.29) is 0 Å². The van der Waals surface area contributed by atoms with Crippen molar-refractivity contribution in [1.82, 2.24) is 4.57 Å². The van der Waals surface area contributed by atoms with E-state index in [4.69, 9.17) is 4.42 Å². The minimum Gasteiger partial charge on any atom is -0.456 e. The summed E-state index contributed by atoms with van der Waals surface area (Å²) >= 11 is 0.